The van der Waals surface area contributed by atoms with Crippen LogP contribution in [0.4, 0.5) is 4.79 Å². The van der Waals surface area contributed by atoms with Crippen molar-refractivity contribution in [2.24, 2.45) is 5.92 Å². The number of aliphatic carboxylic acids is 1. The number of carbonyl (C=O) groups is 2. The zero-order valence-electron chi connectivity index (χ0n) is 31.3. The van der Waals surface area contributed by atoms with E-state index >= 15 is 0 Å². The molecule has 0 radical (unpaired) electrons. The van der Waals surface area contributed by atoms with Gasteiger partial charge in [0, 0.05) is 12.5 Å². The summed E-state index contributed by atoms with van der Waals surface area (Å²) in [5, 5.41) is 13.7. The number of carboxylic acid groups (broad SMARTS) is 1. The Bertz CT molecular complexity index is 1380. The third kappa shape index (κ3) is 9.65. The van der Waals surface area contributed by atoms with Gasteiger partial charge in [0.15, 0.2) is 0 Å². The Morgan fingerprint density at radius 1 is 0.787 bits per heavy atom. The number of amides is 1. The molecule has 0 heterocycles. The molecule has 2 aromatic carbocycles. The van der Waals surface area contributed by atoms with Crippen molar-refractivity contribution in [3.8, 4) is 11.5 Å². The molecule has 9 heteroatoms. The number of ether oxygens (including phenoxy) is 1. The molecule has 1 aliphatic rings. The van der Waals surface area contributed by atoms with E-state index in [2.05, 4.69) is 91.2 Å². The average Bonchev–Trinajstić information content (AvgIpc) is 2.91. The molecule has 262 valence electrons. The standard InChI is InChI=1S/C38H61NO6Si2/c1-35(2,3)43-34(42)39-38(33(40)41,26-27-17-15-14-16-18-27)29-21-19-28(20-22-29)31-24-23-30(44-46(10,11)36(4,5)6)25-32(31)45-47(12,13)37(7,8)9/h14-18,23-25,28-29H,19-22,26H2,1-13H3,(H,39,42)(H,40,41)/t28?,29?,38-/m1/s1. The van der Waals surface area contributed by atoms with Crippen LogP contribution in [0.2, 0.25) is 36.3 Å². The predicted molar refractivity (Wildman–Crippen MR) is 197 cm³/mol. The van der Waals surface area contributed by atoms with Crippen LogP contribution in [0, 0.1) is 5.92 Å². The molecule has 1 aliphatic carbocycles. The van der Waals surface area contributed by atoms with Gasteiger partial charge in [-0.3, -0.25) is 0 Å². The fourth-order valence-corrected chi connectivity index (χ4v) is 7.83. The zero-order chi connectivity index (χ0) is 35.6. The number of carboxylic acids is 1. The maximum absolute atomic E-state index is 13.2. The Hall–Kier alpha value is -2.79. The molecular weight excluding hydrogens is 623 g/mol. The van der Waals surface area contributed by atoms with Crippen LogP contribution in [-0.4, -0.2) is 44.9 Å². The van der Waals surface area contributed by atoms with Gasteiger partial charge < -0.3 is 24.0 Å². The summed E-state index contributed by atoms with van der Waals surface area (Å²) in [6, 6.07) is 15.9. The zero-order valence-corrected chi connectivity index (χ0v) is 33.3. The van der Waals surface area contributed by atoms with Gasteiger partial charge in [0.25, 0.3) is 0 Å². The molecule has 0 aromatic heterocycles. The molecule has 7 nitrogen and oxygen atoms in total. The Morgan fingerprint density at radius 2 is 1.32 bits per heavy atom. The molecule has 1 fully saturated rings. The van der Waals surface area contributed by atoms with E-state index in [1.165, 1.54) is 0 Å². The largest absolute Gasteiger partial charge is 0.543 e. The van der Waals surface area contributed by atoms with Gasteiger partial charge in [-0.25, -0.2) is 9.59 Å². The summed E-state index contributed by atoms with van der Waals surface area (Å²) in [5.41, 5.74) is -0.245. The fourth-order valence-electron chi connectivity index (χ4n) is 5.77. The van der Waals surface area contributed by atoms with E-state index in [0.717, 1.165) is 35.5 Å². The third-order valence-electron chi connectivity index (χ3n) is 10.6. The van der Waals surface area contributed by atoms with Crippen LogP contribution in [0.1, 0.15) is 105 Å². The minimum Gasteiger partial charge on any atom is -0.543 e. The minimum atomic E-state index is -2.18. The molecule has 0 bridgehead atoms. The van der Waals surface area contributed by atoms with Gasteiger partial charge in [-0.2, -0.15) is 0 Å². The molecule has 1 saturated carbocycles. The van der Waals surface area contributed by atoms with E-state index in [1.54, 1.807) is 20.8 Å². The summed E-state index contributed by atoms with van der Waals surface area (Å²) >= 11 is 0. The molecular formula is C38H61NO6Si2. The van der Waals surface area contributed by atoms with Gasteiger partial charge in [0.2, 0.25) is 16.6 Å². The fraction of sp³-hybridized carbons (Fsp3) is 0.632. The van der Waals surface area contributed by atoms with Crippen molar-refractivity contribution in [2.45, 2.75) is 148 Å². The highest BCUT2D eigenvalue weighted by atomic mass is 28.4. The number of carbonyl (C=O) groups excluding carboxylic acids is 1. The normalized spacial score (nSPS) is 19.3. The van der Waals surface area contributed by atoms with Crippen molar-refractivity contribution in [2.75, 3.05) is 0 Å². The number of nitrogens with one attached hydrogen (secondary N) is 1. The van der Waals surface area contributed by atoms with Gasteiger partial charge in [-0.15, -0.1) is 0 Å². The SMILES string of the molecule is CC(C)(C)OC(=O)N[C@@](Cc1ccccc1)(C(=O)O)C1CCC(c2ccc(O[Si](C)(C)C(C)(C)C)cc2O[Si](C)(C)C(C)(C)C)CC1. The maximum atomic E-state index is 13.2. The van der Waals surface area contributed by atoms with E-state index in [1.807, 2.05) is 30.3 Å². The topological polar surface area (TPSA) is 94.1 Å². The molecule has 0 aliphatic heterocycles. The van der Waals surface area contributed by atoms with Crippen LogP contribution in [0.5, 0.6) is 11.5 Å². The van der Waals surface area contributed by atoms with Gasteiger partial charge >= 0.3 is 12.1 Å². The van der Waals surface area contributed by atoms with Gasteiger partial charge in [0.1, 0.15) is 22.6 Å². The first kappa shape index (κ1) is 38.7. The van der Waals surface area contributed by atoms with Crippen molar-refractivity contribution in [1.82, 2.24) is 5.32 Å². The average molecular weight is 684 g/mol. The lowest BCUT2D eigenvalue weighted by atomic mass is 9.68. The highest BCUT2D eigenvalue weighted by Crippen LogP contribution is 2.47. The Balaban J connectivity index is 1.97. The third-order valence-corrected chi connectivity index (χ3v) is 19.3. The first-order valence-electron chi connectivity index (χ1n) is 17.2. The molecule has 47 heavy (non-hydrogen) atoms. The Morgan fingerprint density at radius 3 is 1.81 bits per heavy atom. The van der Waals surface area contributed by atoms with Crippen molar-refractivity contribution in [1.29, 1.82) is 0 Å². The summed E-state index contributed by atoms with van der Waals surface area (Å²) in [6.45, 7) is 27.9. The van der Waals surface area contributed by atoms with E-state index in [0.29, 0.717) is 12.8 Å². The maximum Gasteiger partial charge on any atom is 0.408 e. The van der Waals surface area contributed by atoms with Crippen LogP contribution >= 0.6 is 0 Å². The molecule has 1 atom stereocenters. The second-order valence-electron chi connectivity index (χ2n) is 17.5. The monoisotopic (exact) mass is 683 g/mol. The van der Waals surface area contributed by atoms with Crippen molar-refractivity contribution in [3.63, 3.8) is 0 Å². The smallest absolute Gasteiger partial charge is 0.408 e. The van der Waals surface area contributed by atoms with Gasteiger partial charge in [-0.05, 0) is 112 Å². The Kier molecular flexibility index (Phi) is 11.5. The molecule has 1 amide bonds. The first-order chi connectivity index (χ1) is 21.4. The predicted octanol–water partition coefficient (Wildman–Crippen LogP) is 10.3. The highest BCUT2D eigenvalue weighted by molar-refractivity contribution is 6.75. The van der Waals surface area contributed by atoms with Gasteiger partial charge in [0.05, 0.1) is 0 Å². The van der Waals surface area contributed by atoms with E-state index in [-0.39, 0.29) is 28.3 Å². The van der Waals surface area contributed by atoms with Crippen molar-refractivity contribution in [3.05, 3.63) is 59.7 Å². The number of hydrogen-bond donors (Lipinski definition) is 2. The van der Waals surface area contributed by atoms with Crippen molar-refractivity contribution < 1.29 is 28.3 Å². The number of rotatable bonds is 10. The van der Waals surface area contributed by atoms with E-state index in [4.69, 9.17) is 13.6 Å². The second-order valence-corrected chi connectivity index (χ2v) is 27.0. The number of benzene rings is 2. The quantitative estimate of drug-likeness (QED) is 0.242. The van der Waals surface area contributed by atoms with E-state index in [9.17, 15) is 14.7 Å². The Labute approximate surface area is 286 Å². The van der Waals surface area contributed by atoms with Crippen molar-refractivity contribution >= 4 is 28.7 Å². The van der Waals surface area contributed by atoms with Crippen LogP contribution in [0.25, 0.3) is 0 Å². The van der Waals surface area contributed by atoms with Crippen LogP contribution in [0.3, 0.4) is 0 Å². The summed E-state index contributed by atoms with van der Waals surface area (Å²) in [4.78, 5) is 26.3. The summed E-state index contributed by atoms with van der Waals surface area (Å²) in [5.74, 6) is 0.603. The highest BCUT2D eigenvalue weighted by Gasteiger charge is 2.49. The molecule has 3 rings (SSSR count). The lowest BCUT2D eigenvalue weighted by molar-refractivity contribution is -0.148. The molecule has 0 unspecified atom stereocenters. The molecule has 0 saturated heterocycles. The van der Waals surface area contributed by atoms with Crippen LogP contribution in [0.15, 0.2) is 48.5 Å². The van der Waals surface area contributed by atoms with Gasteiger partial charge in [-0.1, -0.05) is 77.9 Å². The lowest BCUT2D eigenvalue weighted by Gasteiger charge is -2.42. The van der Waals surface area contributed by atoms with Crippen LogP contribution < -0.4 is 14.2 Å². The minimum absolute atomic E-state index is 0.0179. The molecule has 0 spiro atoms. The number of hydrogen-bond acceptors (Lipinski definition) is 5. The summed E-state index contributed by atoms with van der Waals surface area (Å²) in [7, 11) is -4.25. The lowest BCUT2D eigenvalue weighted by Crippen LogP contribution is -2.62. The summed E-state index contributed by atoms with van der Waals surface area (Å²) in [6.07, 6.45) is 2.31. The first-order valence-corrected chi connectivity index (χ1v) is 23.0. The summed E-state index contributed by atoms with van der Waals surface area (Å²) < 4.78 is 19.3. The molecule has 2 aromatic rings. The number of alkyl carbamates (subject to hydrolysis) is 1. The van der Waals surface area contributed by atoms with E-state index < -0.39 is 39.8 Å². The van der Waals surface area contributed by atoms with Crippen LogP contribution in [-0.2, 0) is 16.0 Å². The molecule has 2 N–H and O–H groups in total. The second kappa shape index (κ2) is 14.0.